The Morgan fingerprint density at radius 2 is 2.24 bits per heavy atom. The van der Waals surface area contributed by atoms with Crippen molar-refractivity contribution in [3.05, 3.63) is 20.8 Å². The first-order valence-corrected chi connectivity index (χ1v) is 8.36. The molecule has 0 amide bonds. The minimum atomic E-state index is 0.752. The molecule has 0 bridgehead atoms. The summed E-state index contributed by atoms with van der Waals surface area (Å²) in [5.41, 5.74) is 1.55. The fourth-order valence-electron chi connectivity index (χ4n) is 3.13. The molecule has 1 heterocycles. The van der Waals surface area contributed by atoms with Crippen LogP contribution in [0, 0.1) is 11.8 Å². The molecule has 0 aromatic carbocycles. The molecule has 0 saturated heterocycles. The molecule has 1 aromatic rings. The van der Waals surface area contributed by atoms with Crippen molar-refractivity contribution in [2.75, 3.05) is 13.6 Å². The Hall–Kier alpha value is 0.140. The summed E-state index contributed by atoms with van der Waals surface area (Å²) >= 11 is 5.53. The molecule has 96 valence electrons. The molecule has 3 atom stereocenters. The first-order valence-electron chi connectivity index (χ1n) is 6.62. The zero-order valence-corrected chi connectivity index (χ0v) is 13.1. The highest BCUT2D eigenvalue weighted by molar-refractivity contribution is 9.10. The van der Waals surface area contributed by atoms with E-state index in [1.807, 2.05) is 11.3 Å². The molecule has 1 saturated carbocycles. The highest BCUT2D eigenvalue weighted by Gasteiger charge is 2.31. The lowest BCUT2D eigenvalue weighted by atomic mass is 9.71. The first kappa shape index (κ1) is 13.6. The summed E-state index contributed by atoms with van der Waals surface area (Å²) in [5.74, 6) is 2.50. The fourth-order valence-corrected chi connectivity index (χ4v) is 4.79. The van der Waals surface area contributed by atoms with Crippen molar-refractivity contribution < 1.29 is 0 Å². The van der Waals surface area contributed by atoms with E-state index in [-0.39, 0.29) is 0 Å². The van der Waals surface area contributed by atoms with Crippen molar-refractivity contribution in [2.45, 2.75) is 38.5 Å². The van der Waals surface area contributed by atoms with Crippen LogP contribution >= 0.6 is 27.3 Å². The maximum absolute atomic E-state index is 3.71. The maximum atomic E-state index is 3.71. The van der Waals surface area contributed by atoms with Gasteiger partial charge in [0.25, 0.3) is 0 Å². The van der Waals surface area contributed by atoms with E-state index in [4.69, 9.17) is 0 Å². The van der Waals surface area contributed by atoms with Crippen molar-refractivity contribution in [1.82, 2.24) is 5.32 Å². The van der Waals surface area contributed by atoms with Gasteiger partial charge in [-0.2, -0.15) is 11.3 Å². The molecular formula is C14H22BrNS. The van der Waals surface area contributed by atoms with Gasteiger partial charge in [0.05, 0.1) is 0 Å². The van der Waals surface area contributed by atoms with Gasteiger partial charge in [-0.15, -0.1) is 0 Å². The summed E-state index contributed by atoms with van der Waals surface area (Å²) in [5, 5.41) is 7.94. The Balaban J connectivity index is 2.16. The fraction of sp³-hybridized carbons (Fsp3) is 0.714. The minimum absolute atomic E-state index is 0.752. The maximum Gasteiger partial charge on any atom is 0.0317 e. The number of hydrogen-bond acceptors (Lipinski definition) is 2. The zero-order valence-electron chi connectivity index (χ0n) is 10.7. The Morgan fingerprint density at radius 1 is 1.41 bits per heavy atom. The van der Waals surface area contributed by atoms with Crippen molar-refractivity contribution in [1.29, 1.82) is 0 Å². The van der Waals surface area contributed by atoms with E-state index in [1.165, 1.54) is 30.2 Å². The van der Waals surface area contributed by atoms with Crippen molar-refractivity contribution >= 4 is 27.3 Å². The van der Waals surface area contributed by atoms with Crippen molar-refractivity contribution in [3.63, 3.8) is 0 Å². The minimum Gasteiger partial charge on any atom is -0.319 e. The Kier molecular flexibility index (Phi) is 5.07. The number of hydrogen-bond donors (Lipinski definition) is 1. The lowest BCUT2D eigenvalue weighted by Gasteiger charge is -2.36. The second-order valence-corrected chi connectivity index (χ2v) is 6.78. The topological polar surface area (TPSA) is 12.0 Å². The van der Waals surface area contributed by atoms with Crippen molar-refractivity contribution in [3.8, 4) is 0 Å². The van der Waals surface area contributed by atoms with Crippen LogP contribution in [0.4, 0.5) is 0 Å². The third-order valence-electron chi connectivity index (χ3n) is 4.19. The van der Waals surface area contributed by atoms with Gasteiger partial charge >= 0.3 is 0 Å². The third-order valence-corrected chi connectivity index (χ3v) is 5.94. The molecule has 3 unspecified atom stereocenters. The van der Waals surface area contributed by atoms with E-state index in [0.717, 1.165) is 24.3 Å². The van der Waals surface area contributed by atoms with Crippen LogP contribution in [0.25, 0.3) is 0 Å². The van der Waals surface area contributed by atoms with E-state index in [1.54, 1.807) is 5.56 Å². The molecule has 0 radical (unpaired) electrons. The number of rotatable bonds is 4. The number of halogens is 1. The number of nitrogens with one attached hydrogen (secondary N) is 1. The highest BCUT2D eigenvalue weighted by atomic mass is 79.9. The number of thiophene rings is 1. The van der Waals surface area contributed by atoms with E-state index in [9.17, 15) is 0 Å². The third kappa shape index (κ3) is 3.12. The predicted molar refractivity (Wildman–Crippen MR) is 79.8 cm³/mol. The van der Waals surface area contributed by atoms with E-state index < -0.39 is 0 Å². The summed E-state index contributed by atoms with van der Waals surface area (Å²) in [6, 6.07) is 0. The molecule has 1 aliphatic rings. The Morgan fingerprint density at radius 3 is 2.82 bits per heavy atom. The lowest BCUT2D eigenvalue weighted by molar-refractivity contribution is 0.228. The van der Waals surface area contributed by atoms with Gasteiger partial charge in [-0.1, -0.05) is 19.8 Å². The zero-order chi connectivity index (χ0) is 12.3. The average Bonchev–Trinajstić information content (AvgIpc) is 2.76. The monoisotopic (exact) mass is 315 g/mol. The van der Waals surface area contributed by atoms with Crippen LogP contribution in [-0.4, -0.2) is 13.6 Å². The Labute approximate surface area is 117 Å². The van der Waals surface area contributed by atoms with Gasteiger partial charge in [0.1, 0.15) is 0 Å². The van der Waals surface area contributed by atoms with E-state index in [0.29, 0.717) is 0 Å². The second-order valence-electron chi connectivity index (χ2n) is 5.19. The van der Waals surface area contributed by atoms with Crippen LogP contribution in [-0.2, 0) is 0 Å². The smallest absolute Gasteiger partial charge is 0.0317 e. The van der Waals surface area contributed by atoms with Crippen LogP contribution in [0.2, 0.25) is 0 Å². The van der Waals surface area contributed by atoms with Crippen LogP contribution < -0.4 is 5.32 Å². The largest absolute Gasteiger partial charge is 0.319 e. The normalized spacial score (nSPS) is 29.5. The molecule has 1 fully saturated rings. The van der Waals surface area contributed by atoms with Gasteiger partial charge in [0.15, 0.2) is 0 Å². The summed E-state index contributed by atoms with van der Waals surface area (Å²) < 4.78 is 1.32. The van der Waals surface area contributed by atoms with Crippen molar-refractivity contribution in [2.24, 2.45) is 11.8 Å². The molecule has 3 heteroatoms. The summed E-state index contributed by atoms with van der Waals surface area (Å²) in [4.78, 5) is 0. The quantitative estimate of drug-likeness (QED) is 0.853. The second kappa shape index (κ2) is 6.35. The Bertz CT molecular complexity index is 350. The first-order chi connectivity index (χ1) is 8.26. The van der Waals surface area contributed by atoms with Gasteiger partial charge in [-0.3, -0.25) is 0 Å². The van der Waals surface area contributed by atoms with Crippen LogP contribution in [0.3, 0.4) is 0 Å². The van der Waals surface area contributed by atoms with Gasteiger partial charge in [-0.05, 0) is 71.1 Å². The predicted octanol–water partition coefficient (Wildman–Crippen LogP) is 4.64. The van der Waals surface area contributed by atoms with Crippen LogP contribution in [0.15, 0.2) is 15.2 Å². The average molecular weight is 316 g/mol. The molecule has 0 spiro atoms. The van der Waals surface area contributed by atoms with Gasteiger partial charge in [-0.25, -0.2) is 0 Å². The standard InChI is InChI=1S/C14H22BrNS/c1-3-10-4-5-11(7-16-2)12(6-10)13-8-17-9-14(13)15/h8-12,16H,3-7H2,1-2H3. The van der Waals surface area contributed by atoms with E-state index >= 15 is 0 Å². The molecular weight excluding hydrogens is 294 g/mol. The highest BCUT2D eigenvalue weighted by Crippen LogP contribution is 2.44. The molecule has 1 aliphatic carbocycles. The SMILES string of the molecule is CCC1CCC(CNC)C(c2cscc2Br)C1. The van der Waals surface area contributed by atoms with Crippen LogP contribution in [0.5, 0.6) is 0 Å². The van der Waals surface area contributed by atoms with Crippen LogP contribution in [0.1, 0.15) is 44.1 Å². The van der Waals surface area contributed by atoms with Gasteiger partial charge in [0.2, 0.25) is 0 Å². The van der Waals surface area contributed by atoms with Gasteiger partial charge < -0.3 is 5.32 Å². The molecule has 1 aromatic heterocycles. The lowest BCUT2D eigenvalue weighted by Crippen LogP contribution is -2.30. The summed E-state index contributed by atoms with van der Waals surface area (Å²) in [6.45, 7) is 3.49. The molecule has 1 nitrogen and oxygen atoms in total. The molecule has 17 heavy (non-hydrogen) atoms. The summed E-state index contributed by atoms with van der Waals surface area (Å²) in [6.07, 6.45) is 5.51. The van der Waals surface area contributed by atoms with Gasteiger partial charge in [0, 0.05) is 9.85 Å². The summed E-state index contributed by atoms with van der Waals surface area (Å²) in [7, 11) is 2.08. The molecule has 1 N–H and O–H groups in total. The molecule has 2 rings (SSSR count). The van der Waals surface area contributed by atoms with E-state index in [2.05, 4.69) is 46.0 Å². The molecule has 0 aliphatic heterocycles.